The molecule has 0 saturated carbocycles. The first-order valence-corrected chi connectivity index (χ1v) is 8.38. The van der Waals surface area contributed by atoms with Crippen molar-refractivity contribution in [3.8, 4) is 0 Å². The van der Waals surface area contributed by atoms with Crippen LogP contribution in [0, 0.1) is 5.41 Å². The van der Waals surface area contributed by atoms with Gasteiger partial charge in [-0.1, -0.05) is 35.1 Å². The molecule has 1 fully saturated rings. The fraction of sp³-hybridized carbons (Fsp3) is 0.471. The van der Waals surface area contributed by atoms with Crippen molar-refractivity contribution in [3.05, 3.63) is 47.6 Å². The third-order valence-electron chi connectivity index (χ3n) is 4.32. The molecule has 2 aromatic rings. The Balaban J connectivity index is 0.00000169. The van der Waals surface area contributed by atoms with Gasteiger partial charge < -0.3 is 9.42 Å². The van der Waals surface area contributed by atoms with Crippen LogP contribution in [0.4, 0.5) is 0 Å². The van der Waals surface area contributed by atoms with Gasteiger partial charge in [-0.15, -0.1) is 24.8 Å². The van der Waals surface area contributed by atoms with Crippen LogP contribution in [0.25, 0.3) is 0 Å². The molecule has 3 rings (SSSR count). The van der Waals surface area contributed by atoms with E-state index in [1.807, 2.05) is 30.3 Å². The van der Waals surface area contributed by atoms with Crippen LogP contribution < -0.4 is 20.6 Å². The molecule has 1 aliphatic rings. The number of ketones is 1. The van der Waals surface area contributed by atoms with E-state index in [2.05, 4.69) is 15.2 Å². The molecule has 1 saturated heterocycles. The molecule has 0 atom stereocenters. The third-order valence-corrected chi connectivity index (χ3v) is 4.32. The zero-order valence-corrected chi connectivity index (χ0v) is 16.2. The van der Waals surface area contributed by atoms with Gasteiger partial charge in [0.05, 0.1) is 0 Å². The van der Waals surface area contributed by atoms with E-state index in [0.29, 0.717) is 6.42 Å². The molecule has 7 nitrogen and oxygen atoms in total. The molecule has 9 heteroatoms. The first-order chi connectivity index (χ1) is 11.7. The summed E-state index contributed by atoms with van der Waals surface area (Å²) in [6.07, 6.45) is 4.15. The van der Waals surface area contributed by atoms with Crippen molar-refractivity contribution < 1.29 is 14.1 Å². The zero-order chi connectivity index (χ0) is 16.8. The minimum atomic E-state index is 0. The average molecular weight is 402 g/mol. The molecule has 0 amide bonds. The van der Waals surface area contributed by atoms with Crippen LogP contribution in [0.15, 0.2) is 41.1 Å². The standard InChI is InChI=1S/C17H23N5O2.2ClH/c18-17-14-22(19-24-17)21-12-10-20(11-13-21)9-5-4-8-16(23)15-6-2-1-3-7-15;;/h1-3,6-7,14,18H,4-5,8-13H2;2*1H. The van der Waals surface area contributed by atoms with E-state index in [9.17, 15) is 4.79 Å². The second-order valence-electron chi connectivity index (χ2n) is 6.03. The molecule has 26 heavy (non-hydrogen) atoms. The van der Waals surface area contributed by atoms with Gasteiger partial charge in [0.2, 0.25) is 0 Å². The normalized spacial score (nSPS) is 14.4. The van der Waals surface area contributed by atoms with Gasteiger partial charge in [-0.25, -0.2) is 0 Å². The van der Waals surface area contributed by atoms with E-state index in [1.54, 1.807) is 11.0 Å². The lowest BCUT2D eigenvalue weighted by molar-refractivity contribution is -0.764. The van der Waals surface area contributed by atoms with Crippen molar-refractivity contribution in [1.82, 2.24) is 10.2 Å². The molecule has 0 unspecified atom stereocenters. The minimum absolute atomic E-state index is 0. The quantitative estimate of drug-likeness (QED) is 0.427. The van der Waals surface area contributed by atoms with Crippen LogP contribution in [-0.4, -0.2) is 43.4 Å². The van der Waals surface area contributed by atoms with E-state index in [1.165, 1.54) is 0 Å². The van der Waals surface area contributed by atoms with Crippen LogP contribution in [0.1, 0.15) is 29.6 Å². The van der Waals surface area contributed by atoms with Gasteiger partial charge in [0.1, 0.15) is 0 Å². The van der Waals surface area contributed by atoms with Crippen molar-refractivity contribution in [1.29, 1.82) is 5.41 Å². The molecule has 1 aromatic heterocycles. The lowest BCUT2D eigenvalue weighted by Crippen LogP contribution is -2.66. The molecule has 0 bridgehead atoms. The first-order valence-electron chi connectivity index (χ1n) is 8.38. The molecule has 0 radical (unpaired) electrons. The Labute approximate surface area is 165 Å². The third kappa shape index (κ3) is 6.16. The van der Waals surface area contributed by atoms with Crippen molar-refractivity contribution in [2.75, 3.05) is 37.7 Å². The van der Waals surface area contributed by atoms with Crippen LogP contribution in [0.2, 0.25) is 0 Å². The van der Waals surface area contributed by atoms with Crippen LogP contribution in [-0.2, 0) is 0 Å². The Morgan fingerprint density at radius 3 is 2.42 bits per heavy atom. The van der Waals surface area contributed by atoms with E-state index in [0.717, 1.165) is 51.1 Å². The zero-order valence-electron chi connectivity index (χ0n) is 14.5. The largest absolute Gasteiger partial charge is 0.380 e. The van der Waals surface area contributed by atoms with E-state index in [-0.39, 0.29) is 36.2 Å². The summed E-state index contributed by atoms with van der Waals surface area (Å²) in [5, 5.41) is 13.2. The number of hydrogen-bond donors (Lipinski definition) is 1. The maximum Gasteiger partial charge on any atom is 0.286 e. The van der Waals surface area contributed by atoms with Crippen LogP contribution in [0.5, 0.6) is 0 Å². The fourth-order valence-corrected chi connectivity index (χ4v) is 2.93. The highest BCUT2D eigenvalue weighted by molar-refractivity contribution is 5.95. The van der Waals surface area contributed by atoms with Gasteiger partial charge >= 0.3 is 0 Å². The predicted molar refractivity (Wildman–Crippen MR) is 102 cm³/mol. The summed E-state index contributed by atoms with van der Waals surface area (Å²) in [4.78, 5) is 16.1. The molecule has 0 spiro atoms. The number of nitrogens with zero attached hydrogens (tertiary/aromatic N) is 4. The molecule has 1 aromatic carbocycles. The SMILES string of the molecule is Cl.Cl.N=c1c[n+](N2CCN(CCCCC(=O)c3ccccc3)CC2)[n-]o1. The lowest BCUT2D eigenvalue weighted by Gasteiger charge is -2.35. The molecule has 144 valence electrons. The molecular formula is C17H25Cl2N5O2. The Kier molecular flexibility index (Phi) is 9.40. The first kappa shape index (κ1) is 22.2. The van der Waals surface area contributed by atoms with Crippen molar-refractivity contribution >= 4 is 30.6 Å². The number of rotatable bonds is 7. The van der Waals surface area contributed by atoms with E-state index in [4.69, 9.17) is 9.93 Å². The highest BCUT2D eigenvalue weighted by atomic mass is 35.5. The molecule has 2 heterocycles. The summed E-state index contributed by atoms with van der Waals surface area (Å²) in [5.41, 5.74) is 0.880. The summed E-state index contributed by atoms with van der Waals surface area (Å²) in [6, 6.07) is 9.50. The number of halogens is 2. The highest BCUT2D eigenvalue weighted by Gasteiger charge is 2.17. The monoisotopic (exact) mass is 401 g/mol. The van der Waals surface area contributed by atoms with E-state index >= 15 is 0 Å². The topological polar surface area (TPSA) is 78.5 Å². The molecule has 1 aliphatic heterocycles. The summed E-state index contributed by atoms with van der Waals surface area (Å²) >= 11 is 0. The number of carbonyl (C=O) groups excluding carboxylic acids is 1. The predicted octanol–water partition coefficient (Wildman–Crippen LogP) is 1.15. The number of aromatic nitrogens is 2. The number of piperazine rings is 1. The van der Waals surface area contributed by atoms with Crippen molar-refractivity contribution in [3.63, 3.8) is 0 Å². The summed E-state index contributed by atoms with van der Waals surface area (Å²) in [7, 11) is 0. The van der Waals surface area contributed by atoms with Gasteiger partial charge in [-0.2, -0.15) is 0 Å². The maximum absolute atomic E-state index is 12.0. The van der Waals surface area contributed by atoms with Crippen molar-refractivity contribution in [2.45, 2.75) is 19.3 Å². The maximum atomic E-state index is 12.0. The molecule has 0 aliphatic carbocycles. The van der Waals surface area contributed by atoms with Gasteiger partial charge in [-0.05, 0) is 24.7 Å². The number of nitrogens with one attached hydrogen (secondary N) is 1. The van der Waals surface area contributed by atoms with Crippen molar-refractivity contribution in [2.24, 2.45) is 0 Å². The van der Waals surface area contributed by atoms with E-state index < -0.39 is 0 Å². The molecule has 1 N–H and O–H groups in total. The number of hydrogen-bond acceptors (Lipinski definition) is 5. The Morgan fingerprint density at radius 1 is 1.12 bits per heavy atom. The fourth-order valence-electron chi connectivity index (χ4n) is 2.93. The Morgan fingerprint density at radius 2 is 1.81 bits per heavy atom. The van der Waals surface area contributed by atoms with Gasteiger partial charge in [0.25, 0.3) is 11.8 Å². The molecular weight excluding hydrogens is 377 g/mol. The van der Waals surface area contributed by atoms with Crippen LogP contribution >= 0.6 is 24.8 Å². The summed E-state index contributed by atoms with van der Waals surface area (Å²) in [6.45, 7) is 4.65. The second kappa shape index (κ2) is 11.0. The van der Waals surface area contributed by atoms with Crippen LogP contribution in [0.3, 0.4) is 0 Å². The van der Waals surface area contributed by atoms with Gasteiger partial charge in [0, 0.05) is 38.2 Å². The summed E-state index contributed by atoms with van der Waals surface area (Å²) < 4.78 is 4.78. The minimum Gasteiger partial charge on any atom is -0.380 e. The van der Waals surface area contributed by atoms with Gasteiger partial charge in [0.15, 0.2) is 5.78 Å². The smallest absolute Gasteiger partial charge is 0.286 e. The highest BCUT2D eigenvalue weighted by Crippen LogP contribution is 2.08. The lowest BCUT2D eigenvalue weighted by atomic mass is 10.1. The number of carbonyl (C=O) groups is 1. The summed E-state index contributed by atoms with van der Waals surface area (Å²) in [5.74, 6) is 0.231. The second-order valence-corrected chi connectivity index (χ2v) is 6.03. The number of Topliss-reactive ketones (excluding diaryl/α,β-unsaturated/α-hetero) is 1. The number of unbranched alkanes of at least 4 members (excludes halogenated alkanes) is 1. The van der Waals surface area contributed by atoms with Gasteiger partial charge in [-0.3, -0.25) is 15.2 Å². The number of benzene rings is 1. The Bertz CT molecular complexity index is 711. The average Bonchev–Trinajstić information content (AvgIpc) is 3.06. The Hall–Kier alpha value is -1.83.